The molecule has 0 saturated carbocycles. The van der Waals surface area contributed by atoms with E-state index in [0.717, 1.165) is 6.20 Å². The number of aliphatic hydroxyl groups excluding tert-OH is 2. The van der Waals surface area contributed by atoms with Crippen LogP contribution in [0.15, 0.2) is 40.1 Å². The topological polar surface area (TPSA) is 149 Å². The summed E-state index contributed by atoms with van der Waals surface area (Å²) in [5, 5.41) is 19.5. The Morgan fingerprint density at radius 3 is 2.97 bits per heavy atom. The third-order valence-corrected chi connectivity index (χ3v) is 5.65. The van der Waals surface area contributed by atoms with Crippen molar-refractivity contribution < 1.29 is 40.2 Å². The molecule has 0 bridgehead atoms. The normalized spacial score (nSPS) is 32.1. The quantitative estimate of drug-likeness (QED) is 0.565. The van der Waals surface area contributed by atoms with Crippen molar-refractivity contribution in [1.82, 2.24) is 9.55 Å². The Bertz CT molecular complexity index is 1210. The highest BCUT2D eigenvalue weighted by molar-refractivity contribution is 7.49. The molecule has 1 saturated heterocycles. The van der Waals surface area contributed by atoms with E-state index >= 15 is 4.39 Å². The lowest BCUT2D eigenvalue weighted by molar-refractivity contribution is -0.179. The summed E-state index contributed by atoms with van der Waals surface area (Å²) in [4.78, 5) is 25.6. The first-order valence-corrected chi connectivity index (χ1v) is 10.2. The van der Waals surface area contributed by atoms with Crippen LogP contribution in [-0.4, -0.2) is 38.3 Å². The maximum Gasteiger partial charge on any atom is 0.530 e. The zero-order valence-electron chi connectivity index (χ0n) is 17.2. The van der Waals surface area contributed by atoms with E-state index in [1.807, 2.05) is 4.98 Å². The van der Waals surface area contributed by atoms with Gasteiger partial charge in [-0.25, -0.2) is 13.8 Å². The molecule has 0 radical (unpaired) electrons. The lowest BCUT2D eigenvalue weighted by atomic mass is 10.2. The van der Waals surface area contributed by atoms with Crippen LogP contribution in [0.2, 0.25) is 0 Å². The first-order chi connectivity index (χ1) is 15.0. The maximum atomic E-state index is 15.5. The van der Waals surface area contributed by atoms with E-state index in [4.69, 9.17) is 21.0 Å². The number of halogens is 1. The lowest BCUT2D eigenvalue weighted by Gasteiger charge is -2.27. The van der Waals surface area contributed by atoms with Crippen molar-refractivity contribution in [2.45, 2.75) is 37.8 Å². The minimum Gasteiger partial charge on any atom is -0.404 e. The molecule has 3 N–H and O–H groups in total. The highest BCUT2D eigenvalue weighted by Gasteiger charge is 2.50. The Labute approximate surface area is 171 Å². The van der Waals surface area contributed by atoms with Gasteiger partial charge in [0.1, 0.15) is 18.4 Å². The van der Waals surface area contributed by atoms with Crippen molar-refractivity contribution in [3.8, 4) is 5.75 Å². The van der Waals surface area contributed by atoms with E-state index in [-0.39, 0.29) is 17.9 Å². The molecular weight excluding hydrogens is 426 g/mol. The van der Waals surface area contributed by atoms with Gasteiger partial charge in [0.25, 0.3) is 5.56 Å². The van der Waals surface area contributed by atoms with Gasteiger partial charge in [0.15, 0.2) is 6.23 Å². The Hall–Kier alpha value is -2.34. The number of fused-ring (bicyclic) bond motifs is 1. The molecule has 2 aliphatic heterocycles. The molecule has 0 aliphatic carbocycles. The molecule has 162 valence electrons. The van der Waals surface area contributed by atoms with Crippen molar-refractivity contribution in [3.05, 3.63) is 62.4 Å². The highest BCUT2D eigenvalue weighted by atomic mass is 31.2. The minimum atomic E-state index is -4.63. The predicted molar refractivity (Wildman–Crippen MR) is 97.2 cm³/mol. The summed E-state index contributed by atoms with van der Waals surface area (Å²) in [6, 6.07) is 6.31. The first-order valence-electron chi connectivity index (χ1n) is 9.70. The Morgan fingerprint density at radius 2 is 2.20 bits per heavy atom. The Kier molecular flexibility index (Phi) is 4.75. The number of para-hydroxylation sites is 1. The lowest BCUT2D eigenvalue weighted by Crippen LogP contribution is -2.37. The molecule has 2 aromatic rings. The van der Waals surface area contributed by atoms with Gasteiger partial charge in [0.2, 0.25) is 5.85 Å². The number of hydrogen-bond donors (Lipinski definition) is 3. The van der Waals surface area contributed by atoms with Gasteiger partial charge in [-0.3, -0.25) is 23.4 Å². The number of phosphoric ester groups is 1. The van der Waals surface area contributed by atoms with Gasteiger partial charge in [-0.05, 0) is 6.07 Å². The van der Waals surface area contributed by atoms with Crippen LogP contribution in [0.3, 0.4) is 0 Å². The van der Waals surface area contributed by atoms with E-state index in [1.165, 1.54) is 6.07 Å². The van der Waals surface area contributed by atoms with Crippen molar-refractivity contribution in [1.29, 1.82) is 0 Å². The predicted octanol–water partition coefficient (Wildman–Crippen LogP) is 0.708. The smallest absolute Gasteiger partial charge is 0.404 e. The minimum absolute atomic E-state index is 0.104. The second-order valence-electron chi connectivity index (χ2n) is 6.60. The fraction of sp³-hybridized carbons (Fsp3) is 0.412. The zero-order chi connectivity index (χ0) is 23.3. The molecule has 0 spiro atoms. The third kappa shape index (κ3) is 3.97. The number of aliphatic hydroxyl groups is 2. The van der Waals surface area contributed by atoms with Crippen molar-refractivity contribution in [2.75, 3.05) is 6.56 Å². The number of aromatic nitrogens is 2. The van der Waals surface area contributed by atoms with Crippen LogP contribution in [0.1, 0.15) is 26.5 Å². The zero-order valence-corrected chi connectivity index (χ0v) is 16.1. The molecule has 2 aliphatic rings. The van der Waals surface area contributed by atoms with Gasteiger partial charge >= 0.3 is 13.5 Å². The number of nitrogens with zero attached hydrogens (tertiary/aromatic N) is 1. The van der Waals surface area contributed by atoms with E-state index in [0.29, 0.717) is 10.1 Å². The monoisotopic (exact) mass is 446 g/mol. The van der Waals surface area contributed by atoms with Gasteiger partial charge in [-0.15, -0.1) is 0 Å². The summed E-state index contributed by atoms with van der Waals surface area (Å²) in [6.07, 6.45) is -3.74. The fourth-order valence-corrected chi connectivity index (χ4v) is 4.11. The number of ether oxygens (including phenoxy) is 1. The molecule has 1 aromatic carbocycles. The number of rotatable bonds is 5. The van der Waals surface area contributed by atoms with Gasteiger partial charge < -0.3 is 19.5 Å². The standard InChI is InChI=1S/C17H18FN2O9P/c18-17(9-27-30(25)26-8-10-3-1-2-4-13(10)29-30)5-12(22)15(28-17)20-6-11(7-21)14(23)19-16(20)24/h1-4,6,12,15,21-22H,5,7-9H2,(H,19,23,24)/t12-,15-,17+,30?/m1/s1/i9D2. The molecule has 0 amide bonds. The van der Waals surface area contributed by atoms with Crippen molar-refractivity contribution in [2.24, 2.45) is 0 Å². The second-order valence-corrected chi connectivity index (χ2v) is 8.12. The molecule has 3 heterocycles. The number of H-pyrrole nitrogens is 1. The van der Waals surface area contributed by atoms with Gasteiger partial charge in [-0.2, -0.15) is 0 Å². The largest absolute Gasteiger partial charge is 0.530 e. The van der Waals surface area contributed by atoms with Crippen LogP contribution in [0.5, 0.6) is 5.75 Å². The number of aromatic amines is 1. The summed E-state index contributed by atoms with van der Waals surface area (Å²) in [7, 11) is -4.63. The van der Waals surface area contributed by atoms with E-state index in [9.17, 15) is 24.4 Å². The Morgan fingerprint density at radius 1 is 1.43 bits per heavy atom. The average Bonchev–Trinajstić information content (AvgIpc) is 3.03. The number of nitrogens with one attached hydrogen (secondary N) is 1. The van der Waals surface area contributed by atoms with E-state index in [2.05, 4.69) is 0 Å². The van der Waals surface area contributed by atoms with Crippen LogP contribution in [-0.2, 0) is 31.6 Å². The maximum absolute atomic E-state index is 15.5. The molecule has 4 atom stereocenters. The summed E-state index contributed by atoms with van der Waals surface area (Å²) >= 11 is 0. The van der Waals surface area contributed by atoms with Crippen LogP contribution < -0.4 is 15.8 Å². The average molecular weight is 446 g/mol. The summed E-state index contributed by atoms with van der Waals surface area (Å²) in [5.41, 5.74) is -1.74. The molecule has 1 aromatic heterocycles. The third-order valence-electron chi connectivity index (χ3n) is 4.47. The number of benzene rings is 1. The van der Waals surface area contributed by atoms with Gasteiger partial charge in [-0.1, -0.05) is 18.2 Å². The van der Waals surface area contributed by atoms with Crippen LogP contribution in [0.25, 0.3) is 0 Å². The van der Waals surface area contributed by atoms with Crippen LogP contribution in [0, 0.1) is 0 Å². The van der Waals surface area contributed by atoms with Gasteiger partial charge in [0.05, 0.1) is 21.5 Å². The summed E-state index contributed by atoms with van der Waals surface area (Å²) in [5.74, 6) is -3.29. The molecule has 1 fully saturated rings. The summed E-state index contributed by atoms with van der Waals surface area (Å²) in [6.45, 7) is -4.47. The molecule has 1 unspecified atom stereocenters. The highest BCUT2D eigenvalue weighted by Crippen LogP contribution is 2.55. The SMILES string of the molecule is [2H]C([2H])(OP1(=O)OCc2ccccc2O1)[C@]1(F)C[C@@H](O)[C@H](n2cc(CO)c(=O)[nH]c2=O)O1. The molecule has 13 heteroatoms. The van der Waals surface area contributed by atoms with Gasteiger partial charge in [0, 0.05) is 18.2 Å². The summed E-state index contributed by atoms with van der Waals surface area (Å²) < 4.78 is 64.8. The number of alkyl halides is 1. The van der Waals surface area contributed by atoms with E-state index in [1.54, 1.807) is 18.2 Å². The van der Waals surface area contributed by atoms with Crippen molar-refractivity contribution >= 4 is 7.82 Å². The molecule has 4 rings (SSSR count). The fourth-order valence-electron chi connectivity index (χ4n) is 3.00. The second kappa shape index (κ2) is 7.73. The van der Waals surface area contributed by atoms with Crippen molar-refractivity contribution in [3.63, 3.8) is 0 Å². The molecule has 11 nitrogen and oxygen atoms in total. The molecule has 30 heavy (non-hydrogen) atoms. The number of phosphoric acid groups is 1. The molecular formula is C17H18FN2O9P. The Balaban J connectivity index is 1.59. The van der Waals surface area contributed by atoms with Crippen LogP contribution in [0.4, 0.5) is 4.39 Å². The number of hydrogen-bond acceptors (Lipinski definition) is 9. The first kappa shape index (κ1) is 18.4. The van der Waals surface area contributed by atoms with E-state index < -0.39 is 56.8 Å². The van der Waals surface area contributed by atoms with Crippen LogP contribution >= 0.6 is 7.82 Å².